The van der Waals surface area contributed by atoms with Gasteiger partial charge in [0, 0.05) is 31.9 Å². The van der Waals surface area contributed by atoms with Gasteiger partial charge in [0.05, 0.1) is 6.61 Å². The van der Waals surface area contributed by atoms with E-state index in [9.17, 15) is 4.79 Å². The summed E-state index contributed by atoms with van der Waals surface area (Å²) in [5.41, 5.74) is 2.17. The molecule has 0 radical (unpaired) electrons. The fourth-order valence-electron chi connectivity index (χ4n) is 2.18. The molecule has 1 N–H and O–H groups in total. The van der Waals surface area contributed by atoms with Crippen LogP contribution in [0.3, 0.4) is 0 Å². The molecule has 0 saturated carbocycles. The van der Waals surface area contributed by atoms with Crippen molar-refractivity contribution in [2.24, 2.45) is 0 Å². The third-order valence-electron chi connectivity index (χ3n) is 3.32. The topological polar surface area (TPSA) is 53.4 Å². The molecule has 0 atom stereocenters. The highest BCUT2D eigenvalue weighted by atomic mass is 16.3. The first-order chi connectivity index (χ1) is 10.3. The number of aryl methyl sites for hydroxylation is 1. The first kappa shape index (κ1) is 15.2. The van der Waals surface area contributed by atoms with Crippen LogP contribution < -0.4 is 0 Å². The lowest BCUT2D eigenvalue weighted by atomic mass is 10.1. The van der Waals surface area contributed by atoms with E-state index in [0.717, 1.165) is 11.1 Å². The Morgan fingerprint density at radius 2 is 1.76 bits per heavy atom. The zero-order chi connectivity index (χ0) is 14.9. The number of carbonyl (C=O) groups excluding carboxylic acids is 1. The summed E-state index contributed by atoms with van der Waals surface area (Å²) in [5.74, 6) is 0.0599. The molecule has 0 spiro atoms. The molecule has 0 aliphatic heterocycles. The molecule has 0 aliphatic rings. The number of carbonyl (C=O) groups is 1. The van der Waals surface area contributed by atoms with Gasteiger partial charge in [-0.2, -0.15) is 0 Å². The predicted octanol–water partition coefficient (Wildman–Crippen LogP) is 2.04. The van der Waals surface area contributed by atoms with E-state index in [4.69, 9.17) is 5.11 Å². The van der Waals surface area contributed by atoms with Gasteiger partial charge in [0.2, 0.25) is 5.91 Å². The molecule has 4 nitrogen and oxygen atoms in total. The molecule has 0 fully saturated rings. The van der Waals surface area contributed by atoms with Crippen LogP contribution in [-0.4, -0.2) is 34.0 Å². The van der Waals surface area contributed by atoms with Crippen LogP contribution in [0.15, 0.2) is 54.9 Å². The van der Waals surface area contributed by atoms with Crippen LogP contribution in [0.1, 0.15) is 17.5 Å². The van der Waals surface area contributed by atoms with Crippen LogP contribution in [-0.2, 0) is 17.8 Å². The number of amides is 1. The van der Waals surface area contributed by atoms with Crippen molar-refractivity contribution >= 4 is 5.91 Å². The number of aromatic nitrogens is 1. The minimum atomic E-state index is -0.0200. The highest BCUT2D eigenvalue weighted by Gasteiger charge is 2.13. The van der Waals surface area contributed by atoms with Crippen molar-refractivity contribution in [3.05, 3.63) is 66.0 Å². The van der Waals surface area contributed by atoms with E-state index in [0.29, 0.717) is 25.9 Å². The molecule has 1 aromatic carbocycles. The van der Waals surface area contributed by atoms with Gasteiger partial charge >= 0.3 is 0 Å². The maximum atomic E-state index is 12.3. The summed E-state index contributed by atoms with van der Waals surface area (Å²) >= 11 is 0. The van der Waals surface area contributed by atoms with Crippen LogP contribution in [0.2, 0.25) is 0 Å². The molecule has 4 heteroatoms. The van der Waals surface area contributed by atoms with Crippen LogP contribution in [0.5, 0.6) is 0 Å². The van der Waals surface area contributed by atoms with Gasteiger partial charge < -0.3 is 10.0 Å². The minimum Gasteiger partial charge on any atom is -0.395 e. The van der Waals surface area contributed by atoms with Gasteiger partial charge in [0.1, 0.15) is 0 Å². The Labute approximate surface area is 125 Å². The van der Waals surface area contributed by atoms with Crippen LogP contribution in [0.4, 0.5) is 0 Å². The largest absolute Gasteiger partial charge is 0.395 e. The van der Waals surface area contributed by atoms with E-state index in [1.165, 1.54) is 0 Å². The fourth-order valence-corrected chi connectivity index (χ4v) is 2.18. The van der Waals surface area contributed by atoms with Gasteiger partial charge in [0.25, 0.3) is 0 Å². The lowest BCUT2D eigenvalue weighted by Gasteiger charge is -2.22. The van der Waals surface area contributed by atoms with Crippen molar-refractivity contribution in [1.82, 2.24) is 9.88 Å². The Morgan fingerprint density at radius 3 is 2.43 bits per heavy atom. The molecule has 1 amide bonds. The molecular weight excluding hydrogens is 264 g/mol. The van der Waals surface area contributed by atoms with E-state index in [1.54, 1.807) is 17.3 Å². The predicted molar refractivity (Wildman–Crippen MR) is 81.5 cm³/mol. The zero-order valence-electron chi connectivity index (χ0n) is 12.0. The number of aliphatic hydroxyl groups excluding tert-OH is 1. The van der Waals surface area contributed by atoms with E-state index >= 15 is 0 Å². The molecule has 21 heavy (non-hydrogen) atoms. The molecule has 2 rings (SSSR count). The monoisotopic (exact) mass is 284 g/mol. The lowest BCUT2D eigenvalue weighted by Crippen LogP contribution is -2.33. The summed E-state index contributed by atoms with van der Waals surface area (Å²) in [4.78, 5) is 18.0. The van der Waals surface area contributed by atoms with Crippen molar-refractivity contribution < 1.29 is 9.90 Å². The Balaban J connectivity index is 1.92. The van der Waals surface area contributed by atoms with Gasteiger partial charge in [-0.1, -0.05) is 30.3 Å². The van der Waals surface area contributed by atoms with Crippen LogP contribution in [0.25, 0.3) is 0 Å². The summed E-state index contributed by atoms with van der Waals surface area (Å²) in [5, 5.41) is 9.15. The molecular formula is C17H20N2O2. The maximum absolute atomic E-state index is 12.3. The fraction of sp³-hybridized carbons (Fsp3) is 0.294. The molecule has 1 aromatic heterocycles. The third-order valence-corrected chi connectivity index (χ3v) is 3.32. The molecule has 0 saturated heterocycles. The molecule has 0 aliphatic carbocycles. The number of pyridine rings is 1. The third kappa shape index (κ3) is 5.00. The van der Waals surface area contributed by atoms with Crippen molar-refractivity contribution in [2.45, 2.75) is 19.4 Å². The van der Waals surface area contributed by atoms with E-state index < -0.39 is 0 Å². The Morgan fingerprint density at radius 1 is 1.05 bits per heavy atom. The molecule has 1 heterocycles. The second-order valence-corrected chi connectivity index (χ2v) is 4.88. The summed E-state index contributed by atoms with van der Waals surface area (Å²) in [6.45, 7) is 0.883. The highest BCUT2D eigenvalue weighted by molar-refractivity contribution is 5.76. The quantitative estimate of drug-likeness (QED) is 0.846. The van der Waals surface area contributed by atoms with Crippen molar-refractivity contribution in [3.63, 3.8) is 0 Å². The highest BCUT2D eigenvalue weighted by Crippen LogP contribution is 2.08. The van der Waals surface area contributed by atoms with E-state index in [-0.39, 0.29) is 12.5 Å². The minimum absolute atomic E-state index is 0.0200. The second-order valence-electron chi connectivity index (χ2n) is 4.88. The number of nitrogens with zero attached hydrogens (tertiary/aromatic N) is 2. The number of hydrogen-bond acceptors (Lipinski definition) is 3. The SMILES string of the molecule is O=C(CCc1ccncc1)N(CCO)Cc1ccccc1. The Hall–Kier alpha value is -2.20. The first-order valence-corrected chi connectivity index (χ1v) is 7.11. The summed E-state index contributed by atoms with van der Waals surface area (Å²) < 4.78 is 0. The summed E-state index contributed by atoms with van der Waals surface area (Å²) in [6, 6.07) is 13.7. The smallest absolute Gasteiger partial charge is 0.223 e. The zero-order valence-corrected chi connectivity index (χ0v) is 12.0. The van der Waals surface area contributed by atoms with Crippen molar-refractivity contribution in [2.75, 3.05) is 13.2 Å². The molecule has 0 unspecified atom stereocenters. The van der Waals surface area contributed by atoms with Gasteiger partial charge in [-0.25, -0.2) is 0 Å². The molecule has 2 aromatic rings. The van der Waals surface area contributed by atoms with Crippen LogP contribution >= 0.6 is 0 Å². The Kier molecular flexibility index (Phi) is 5.91. The van der Waals surface area contributed by atoms with Gasteiger partial charge in [-0.05, 0) is 29.7 Å². The second kappa shape index (κ2) is 8.17. The van der Waals surface area contributed by atoms with E-state index in [2.05, 4.69) is 4.98 Å². The number of aliphatic hydroxyl groups is 1. The molecule has 0 bridgehead atoms. The maximum Gasteiger partial charge on any atom is 0.223 e. The molecule has 110 valence electrons. The lowest BCUT2D eigenvalue weighted by molar-refractivity contribution is -0.132. The normalized spacial score (nSPS) is 10.3. The van der Waals surface area contributed by atoms with Gasteiger partial charge in [-0.15, -0.1) is 0 Å². The standard InChI is InChI=1S/C17H20N2O2/c20-13-12-19(14-16-4-2-1-3-5-16)17(21)7-6-15-8-10-18-11-9-15/h1-5,8-11,20H,6-7,12-14H2. The van der Waals surface area contributed by atoms with Crippen molar-refractivity contribution in [3.8, 4) is 0 Å². The van der Waals surface area contributed by atoms with E-state index in [1.807, 2.05) is 42.5 Å². The average Bonchev–Trinajstić information content (AvgIpc) is 2.54. The van der Waals surface area contributed by atoms with Crippen LogP contribution in [0, 0.1) is 0 Å². The van der Waals surface area contributed by atoms with Gasteiger partial charge in [-0.3, -0.25) is 9.78 Å². The Bertz CT molecular complexity index is 543. The van der Waals surface area contributed by atoms with Crippen molar-refractivity contribution in [1.29, 1.82) is 0 Å². The summed E-state index contributed by atoms with van der Waals surface area (Å²) in [7, 11) is 0. The summed E-state index contributed by atoms with van der Waals surface area (Å²) in [6.07, 6.45) is 4.60. The van der Waals surface area contributed by atoms with Gasteiger partial charge in [0.15, 0.2) is 0 Å². The first-order valence-electron chi connectivity index (χ1n) is 7.11. The number of benzene rings is 1. The number of hydrogen-bond donors (Lipinski definition) is 1. The average molecular weight is 284 g/mol. The number of rotatable bonds is 7.